The van der Waals surface area contributed by atoms with Gasteiger partial charge in [0.05, 0.1) is 17.9 Å². The van der Waals surface area contributed by atoms with Gasteiger partial charge in [0.15, 0.2) is 0 Å². The van der Waals surface area contributed by atoms with E-state index in [1.807, 2.05) is 31.2 Å². The molecule has 0 atom stereocenters. The van der Waals surface area contributed by atoms with Crippen molar-refractivity contribution in [3.05, 3.63) is 82.1 Å². The monoisotopic (exact) mass is 419 g/mol. The first kappa shape index (κ1) is 22.0. The number of esters is 1. The summed E-state index contributed by atoms with van der Waals surface area (Å²) in [7, 11) is 0. The minimum atomic E-state index is -0.397. The SMILES string of the molecule is CCOC(=O)c1ccc(NC(=O)CCCn2nc(-c3ccc(C)cc3)ccc2=O)cc1. The van der Waals surface area contributed by atoms with Crippen LogP contribution in [0.2, 0.25) is 0 Å². The zero-order chi connectivity index (χ0) is 22.2. The summed E-state index contributed by atoms with van der Waals surface area (Å²) >= 11 is 0. The van der Waals surface area contributed by atoms with Gasteiger partial charge in [-0.15, -0.1) is 0 Å². The fourth-order valence-electron chi connectivity index (χ4n) is 3.00. The van der Waals surface area contributed by atoms with Crippen molar-refractivity contribution in [2.45, 2.75) is 33.2 Å². The van der Waals surface area contributed by atoms with E-state index in [0.29, 0.717) is 36.5 Å². The van der Waals surface area contributed by atoms with Gasteiger partial charge in [0, 0.05) is 30.3 Å². The summed E-state index contributed by atoms with van der Waals surface area (Å²) in [6, 6.07) is 17.6. The van der Waals surface area contributed by atoms with E-state index >= 15 is 0 Å². The molecule has 0 saturated carbocycles. The molecule has 1 amide bonds. The number of aromatic nitrogens is 2. The highest BCUT2D eigenvalue weighted by molar-refractivity contribution is 5.93. The molecule has 0 saturated heterocycles. The summed E-state index contributed by atoms with van der Waals surface area (Å²) in [5.41, 5.74) is 3.62. The number of carbonyl (C=O) groups is 2. The fourth-order valence-corrected chi connectivity index (χ4v) is 3.00. The Kier molecular flexibility index (Phi) is 7.32. The topological polar surface area (TPSA) is 90.3 Å². The summed E-state index contributed by atoms with van der Waals surface area (Å²) in [6.45, 7) is 4.41. The van der Waals surface area contributed by atoms with Crippen molar-refractivity contribution in [3.8, 4) is 11.3 Å². The Bertz CT molecular complexity index is 1100. The predicted octanol–water partition coefficient (Wildman–Crippen LogP) is 3.81. The molecule has 3 rings (SSSR count). The molecule has 31 heavy (non-hydrogen) atoms. The molecule has 3 aromatic rings. The van der Waals surface area contributed by atoms with Crippen LogP contribution in [0.25, 0.3) is 11.3 Å². The second-order valence-electron chi connectivity index (χ2n) is 7.10. The third kappa shape index (κ3) is 6.12. The van der Waals surface area contributed by atoms with Crippen molar-refractivity contribution < 1.29 is 14.3 Å². The van der Waals surface area contributed by atoms with Gasteiger partial charge in [-0.1, -0.05) is 29.8 Å². The normalized spacial score (nSPS) is 10.5. The lowest BCUT2D eigenvalue weighted by Gasteiger charge is -2.09. The maximum atomic E-state index is 12.2. The molecule has 0 bridgehead atoms. The zero-order valence-electron chi connectivity index (χ0n) is 17.6. The van der Waals surface area contributed by atoms with E-state index in [4.69, 9.17) is 4.74 Å². The lowest BCUT2D eigenvalue weighted by Crippen LogP contribution is -2.23. The number of ether oxygens (including phenoxy) is 1. The lowest BCUT2D eigenvalue weighted by atomic mass is 10.1. The highest BCUT2D eigenvalue weighted by atomic mass is 16.5. The minimum Gasteiger partial charge on any atom is -0.462 e. The zero-order valence-corrected chi connectivity index (χ0v) is 17.6. The maximum absolute atomic E-state index is 12.2. The molecule has 7 nitrogen and oxygen atoms in total. The fraction of sp³-hybridized carbons (Fsp3) is 0.250. The third-order valence-electron chi connectivity index (χ3n) is 4.67. The first-order chi connectivity index (χ1) is 15.0. The van der Waals surface area contributed by atoms with Crippen molar-refractivity contribution >= 4 is 17.6 Å². The number of hydrogen-bond acceptors (Lipinski definition) is 5. The summed E-state index contributed by atoms with van der Waals surface area (Å²) in [6.07, 6.45) is 0.708. The Hall–Kier alpha value is -3.74. The van der Waals surface area contributed by atoms with Crippen LogP contribution in [0.5, 0.6) is 0 Å². The Morgan fingerprint density at radius 1 is 1.00 bits per heavy atom. The number of amides is 1. The molecule has 0 aliphatic rings. The third-order valence-corrected chi connectivity index (χ3v) is 4.67. The van der Waals surface area contributed by atoms with Crippen LogP contribution >= 0.6 is 0 Å². The van der Waals surface area contributed by atoms with Gasteiger partial charge in [-0.25, -0.2) is 9.48 Å². The lowest BCUT2D eigenvalue weighted by molar-refractivity contribution is -0.116. The van der Waals surface area contributed by atoms with Gasteiger partial charge in [0.1, 0.15) is 0 Å². The van der Waals surface area contributed by atoms with Crippen molar-refractivity contribution in [1.82, 2.24) is 9.78 Å². The summed E-state index contributed by atoms with van der Waals surface area (Å²) in [5, 5.41) is 7.21. The van der Waals surface area contributed by atoms with Crippen LogP contribution in [-0.4, -0.2) is 28.3 Å². The van der Waals surface area contributed by atoms with Gasteiger partial charge < -0.3 is 10.1 Å². The van der Waals surface area contributed by atoms with E-state index in [-0.39, 0.29) is 17.9 Å². The van der Waals surface area contributed by atoms with Crippen LogP contribution in [0.4, 0.5) is 5.69 Å². The molecule has 1 aromatic heterocycles. The Morgan fingerprint density at radius 3 is 2.39 bits per heavy atom. The number of carbonyl (C=O) groups excluding carboxylic acids is 2. The summed E-state index contributed by atoms with van der Waals surface area (Å²) in [4.78, 5) is 36.0. The second-order valence-corrected chi connectivity index (χ2v) is 7.10. The minimum absolute atomic E-state index is 0.174. The molecular weight excluding hydrogens is 394 g/mol. The van der Waals surface area contributed by atoms with Gasteiger partial charge in [-0.2, -0.15) is 5.10 Å². The number of benzene rings is 2. The first-order valence-electron chi connectivity index (χ1n) is 10.2. The highest BCUT2D eigenvalue weighted by Crippen LogP contribution is 2.16. The standard InChI is InChI=1S/C24H25N3O4/c1-3-31-24(30)19-10-12-20(13-11-19)25-22(28)5-4-16-27-23(29)15-14-21(26-27)18-8-6-17(2)7-9-18/h6-15H,3-5,16H2,1-2H3,(H,25,28). The first-order valence-corrected chi connectivity index (χ1v) is 10.2. The average molecular weight is 419 g/mol. The van der Waals surface area contributed by atoms with E-state index in [2.05, 4.69) is 10.4 Å². The maximum Gasteiger partial charge on any atom is 0.338 e. The Labute approximate surface area is 180 Å². The van der Waals surface area contributed by atoms with E-state index < -0.39 is 5.97 Å². The molecule has 7 heteroatoms. The van der Waals surface area contributed by atoms with E-state index in [9.17, 15) is 14.4 Å². The largest absolute Gasteiger partial charge is 0.462 e. The molecular formula is C24H25N3O4. The molecule has 2 aromatic carbocycles. The highest BCUT2D eigenvalue weighted by Gasteiger charge is 2.08. The molecule has 0 radical (unpaired) electrons. The van der Waals surface area contributed by atoms with Gasteiger partial charge >= 0.3 is 5.97 Å². The molecule has 160 valence electrons. The van der Waals surface area contributed by atoms with E-state index in [1.54, 1.807) is 37.3 Å². The second kappa shape index (κ2) is 10.3. The van der Waals surface area contributed by atoms with Crippen LogP contribution in [-0.2, 0) is 16.1 Å². The molecule has 0 spiro atoms. The quantitative estimate of drug-likeness (QED) is 0.561. The molecule has 0 unspecified atom stereocenters. The van der Waals surface area contributed by atoms with Crippen molar-refractivity contribution in [3.63, 3.8) is 0 Å². The van der Waals surface area contributed by atoms with Gasteiger partial charge in [-0.3, -0.25) is 9.59 Å². The van der Waals surface area contributed by atoms with E-state index in [0.717, 1.165) is 11.1 Å². The predicted molar refractivity (Wildman–Crippen MR) is 119 cm³/mol. The Balaban J connectivity index is 1.54. The number of rotatable bonds is 8. The number of anilines is 1. The molecule has 0 aliphatic carbocycles. The molecule has 0 aliphatic heterocycles. The van der Waals surface area contributed by atoms with Crippen LogP contribution in [0, 0.1) is 6.92 Å². The van der Waals surface area contributed by atoms with Crippen molar-refractivity contribution in [2.24, 2.45) is 0 Å². The van der Waals surface area contributed by atoms with Gasteiger partial charge in [0.25, 0.3) is 5.56 Å². The summed E-state index contributed by atoms with van der Waals surface area (Å²) in [5.74, 6) is -0.571. The number of nitrogens with zero attached hydrogens (tertiary/aromatic N) is 2. The Morgan fingerprint density at radius 2 is 1.71 bits per heavy atom. The molecule has 1 N–H and O–H groups in total. The van der Waals surface area contributed by atoms with Crippen LogP contribution in [0.1, 0.15) is 35.7 Å². The van der Waals surface area contributed by atoms with Crippen molar-refractivity contribution in [1.29, 1.82) is 0 Å². The van der Waals surface area contributed by atoms with Crippen molar-refractivity contribution in [2.75, 3.05) is 11.9 Å². The number of hydrogen-bond donors (Lipinski definition) is 1. The molecule has 1 heterocycles. The van der Waals surface area contributed by atoms with E-state index in [1.165, 1.54) is 10.7 Å². The van der Waals surface area contributed by atoms with Gasteiger partial charge in [-0.05, 0) is 50.6 Å². The summed E-state index contributed by atoms with van der Waals surface area (Å²) < 4.78 is 6.32. The number of aryl methyl sites for hydroxylation is 2. The molecule has 0 fully saturated rings. The van der Waals surface area contributed by atoms with Gasteiger partial charge in [0.2, 0.25) is 5.91 Å². The average Bonchev–Trinajstić information content (AvgIpc) is 2.76. The van der Waals surface area contributed by atoms with Crippen LogP contribution < -0.4 is 10.9 Å². The smallest absolute Gasteiger partial charge is 0.338 e. The van der Waals surface area contributed by atoms with Crippen LogP contribution in [0.15, 0.2) is 65.5 Å². The van der Waals surface area contributed by atoms with Crippen LogP contribution in [0.3, 0.4) is 0 Å². The number of nitrogens with one attached hydrogen (secondary N) is 1.